The van der Waals surface area contributed by atoms with Crippen LogP contribution in [0.3, 0.4) is 0 Å². The Bertz CT molecular complexity index is 516. The summed E-state index contributed by atoms with van der Waals surface area (Å²) in [4.78, 5) is 7.81. The average Bonchev–Trinajstić information content (AvgIpc) is 2.22. The van der Waals surface area contributed by atoms with Crippen molar-refractivity contribution in [3.63, 3.8) is 0 Å². The van der Waals surface area contributed by atoms with Crippen molar-refractivity contribution in [2.75, 3.05) is 5.32 Å². The first-order valence-corrected chi connectivity index (χ1v) is 5.03. The highest BCUT2D eigenvalue weighted by Gasteiger charge is 2.03. The minimum atomic E-state index is -0.332. The number of benzene rings is 1. The van der Waals surface area contributed by atoms with E-state index in [9.17, 15) is 4.39 Å². The van der Waals surface area contributed by atoms with Crippen LogP contribution >= 0.6 is 11.6 Å². The predicted octanol–water partition coefficient (Wildman–Crippen LogP) is 3.32. The van der Waals surface area contributed by atoms with Gasteiger partial charge in [-0.1, -0.05) is 17.7 Å². The molecule has 0 bridgehead atoms. The van der Waals surface area contributed by atoms with Crippen LogP contribution in [0.4, 0.5) is 15.9 Å². The number of nitrogens with one attached hydrogen (secondary N) is 1. The summed E-state index contributed by atoms with van der Waals surface area (Å²) >= 11 is 5.67. The van der Waals surface area contributed by atoms with E-state index in [1.165, 1.54) is 18.5 Å². The molecule has 0 aliphatic carbocycles. The third-order valence-corrected chi connectivity index (χ3v) is 2.17. The molecule has 0 spiro atoms. The summed E-state index contributed by atoms with van der Waals surface area (Å²) in [7, 11) is 0. The Labute approximate surface area is 97.3 Å². The van der Waals surface area contributed by atoms with Crippen LogP contribution in [0.1, 0.15) is 5.56 Å². The van der Waals surface area contributed by atoms with Crippen LogP contribution in [0.5, 0.6) is 0 Å². The molecule has 82 valence electrons. The molecular formula is C11H9ClFN3. The zero-order chi connectivity index (χ0) is 11.5. The lowest BCUT2D eigenvalue weighted by atomic mass is 10.2. The zero-order valence-corrected chi connectivity index (χ0v) is 9.29. The maximum atomic E-state index is 13.5. The molecule has 1 aromatic carbocycles. The van der Waals surface area contributed by atoms with Crippen molar-refractivity contribution in [3.05, 3.63) is 47.1 Å². The van der Waals surface area contributed by atoms with Crippen LogP contribution in [0.2, 0.25) is 5.15 Å². The second-order valence-electron chi connectivity index (χ2n) is 3.34. The van der Waals surface area contributed by atoms with Gasteiger partial charge in [-0.3, -0.25) is 4.98 Å². The Kier molecular flexibility index (Phi) is 3.01. The summed E-state index contributed by atoms with van der Waals surface area (Å²) in [6.07, 6.45) is 2.89. The number of aryl methyl sites for hydroxylation is 1. The fourth-order valence-corrected chi connectivity index (χ4v) is 1.41. The zero-order valence-electron chi connectivity index (χ0n) is 8.54. The van der Waals surface area contributed by atoms with Crippen LogP contribution in [-0.2, 0) is 0 Å². The van der Waals surface area contributed by atoms with Gasteiger partial charge in [0, 0.05) is 0 Å². The van der Waals surface area contributed by atoms with Gasteiger partial charge >= 0.3 is 0 Å². The van der Waals surface area contributed by atoms with Crippen molar-refractivity contribution in [1.29, 1.82) is 0 Å². The van der Waals surface area contributed by atoms with Gasteiger partial charge < -0.3 is 5.32 Å². The van der Waals surface area contributed by atoms with Gasteiger partial charge in [-0.05, 0) is 24.6 Å². The fourth-order valence-electron chi connectivity index (χ4n) is 1.26. The van der Waals surface area contributed by atoms with E-state index in [0.29, 0.717) is 11.5 Å². The highest BCUT2D eigenvalue weighted by Crippen LogP contribution is 2.19. The molecule has 1 aromatic heterocycles. The first kappa shape index (κ1) is 10.8. The molecule has 0 saturated heterocycles. The second kappa shape index (κ2) is 4.45. The molecule has 3 nitrogen and oxygen atoms in total. The van der Waals surface area contributed by atoms with Gasteiger partial charge in [0.05, 0.1) is 18.1 Å². The van der Waals surface area contributed by atoms with Gasteiger partial charge in [0.15, 0.2) is 5.82 Å². The topological polar surface area (TPSA) is 37.8 Å². The highest BCUT2D eigenvalue weighted by atomic mass is 35.5. The number of hydrogen-bond acceptors (Lipinski definition) is 3. The van der Waals surface area contributed by atoms with E-state index in [-0.39, 0.29) is 11.0 Å². The lowest BCUT2D eigenvalue weighted by Crippen LogP contribution is -1.97. The Hall–Kier alpha value is -1.68. The minimum Gasteiger partial charge on any atom is -0.337 e. The number of aromatic nitrogens is 2. The third kappa shape index (κ3) is 2.46. The molecule has 16 heavy (non-hydrogen) atoms. The van der Waals surface area contributed by atoms with Gasteiger partial charge in [-0.2, -0.15) is 0 Å². The lowest BCUT2D eigenvalue weighted by Gasteiger charge is -2.06. The first-order valence-electron chi connectivity index (χ1n) is 4.66. The monoisotopic (exact) mass is 237 g/mol. The molecule has 0 fully saturated rings. The molecule has 0 radical (unpaired) electrons. The first-order chi connectivity index (χ1) is 7.65. The van der Waals surface area contributed by atoms with Crippen LogP contribution in [-0.4, -0.2) is 9.97 Å². The van der Waals surface area contributed by atoms with Crippen molar-refractivity contribution in [1.82, 2.24) is 9.97 Å². The van der Waals surface area contributed by atoms with Gasteiger partial charge in [-0.15, -0.1) is 0 Å². The molecule has 0 aliphatic heterocycles. The van der Waals surface area contributed by atoms with Crippen LogP contribution in [0.25, 0.3) is 0 Å². The van der Waals surface area contributed by atoms with Gasteiger partial charge in [0.25, 0.3) is 0 Å². The minimum absolute atomic E-state index is 0.262. The molecule has 2 aromatic rings. The summed E-state index contributed by atoms with van der Waals surface area (Å²) in [5.74, 6) is 0.0806. The Morgan fingerprint density at radius 1 is 1.31 bits per heavy atom. The number of rotatable bonds is 2. The molecule has 1 N–H and O–H groups in total. The number of anilines is 2. The standard InChI is InChI=1S/C11H9ClFN3/c1-7-2-3-9(8(13)4-7)15-11-6-14-5-10(12)16-11/h2-6H,1H3,(H,15,16). The van der Waals surface area contributed by atoms with E-state index >= 15 is 0 Å². The SMILES string of the molecule is Cc1ccc(Nc2cncc(Cl)n2)c(F)c1. The highest BCUT2D eigenvalue weighted by molar-refractivity contribution is 6.29. The van der Waals surface area contributed by atoms with Gasteiger partial charge in [-0.25, -0.2) is 9.37 Å². The Morgan fingerprint density at radius 2 is 2.12 bits per heavy atom. The van der Waals surface area contributed by atoms with Crippen molar-refractivity contribution in [2.45, 2.75) is 6.92 Å². The summed E-state index contributed by atoms with van der Waals surface area (Å²) in [6, 6.07) is 4.90. The van der Waals surface area contributed by atoms with Crippen LogP contribution in [0, 0.1) is 12.7 Å². The van der Waals surface area contributed by atoms with Crippen molar-refractivity contribution in [2.24, 2.45) is 0 Å². The van der Waals surface area contributed by atoms with Crippen molar-refractivity contribution in [3.8, 4) is 0 Å². The molecule has 0 aliphatic rings. The average molecular weight is 238 g/mol. The number of halogens is 2. The van der Waals surface area contributed by atoms with Crippen molar-refractivity contribution >= 4 is 23.1 Å². The maximum Gasteiger partial charge on any atom is 0.150 e. The second-order valence-corrected chi connectivity index (χ2v) is 3.72. The molecule has 0 saturated carbocycles. The summed E-state index contributed by atoms with van der Waals surface area (Å²) in [6.45, 7) is 1.83. The lowest BCUT2D eigenvalue weighted by molar-refractivity contribution is 0.630. The summed E-state index contributed by atoms with van der Waals surface area (Å²) < 4.78 is 13.5. The van der Waals surface area contributed by atoms with E-state index in [0.717, 1.165) is 5.56 Å². The van der Waals surface area contributed by atoms with E-state index in [2.05, 4.69) is 15.3 Å². The maximum absolute atomic E-state index is 13.5. The Morgan fingerprint density at radius 3 is 2.81 bits per heavy atom. The normalized spacial score (nSPS) is 10.2. The third-order valence-electron chi connectivity index (χ3n) is 1.99. The number of nitrogens with zero attached hydrogens (tertiary/aromatic N) is 2. The van der Waals surface area contributed by atoms with Gasteiger partial charge in [0.2, 0.25) is 0 Å². The molecule has 0 amide bonds. The van der Waals surface area contributed by atoms with Crippen molar-refractivity contribution < 1.29 is 4.39 Å². The molecule has 2 rings (SSSR count). The predicted molar refractivity (Wildman–Crippen MR) is 61.5 cm³/mol. The quantitative estimate of drug-likeness (QED) is 0.871. The van der Waals surface area contributed by atoms with Crippen LogP contribution < -0.4 is 5.32 Å². The molecular weight excluding hydrogens is 229 g/mol. The molecule has 0 atom stereocenters. The summed E-state index contributed by atoms with van der Waals surface area (Å²) in [5, 5.41) is 3.07. The molecule has 5 heteroatoms. The van der Waals surface area contributed by atoms with Crippen LogP contribution in [0.15, 0.2) is 30.6 Å². The van der Waals surface area contributed by atoms with E-state index in [1.807, 2.05) is 13.0 Å². The smallest absolute Gasteiger partial charge is 0.150 e. The molecule has 1 heterocycles. The molecule has 0 unspecified atom stereocenters. The van der Waals surface area contributed by atoms with E-state index in [1.54, 1.807) is 6.07 Å². The Balaban J connectivity index is 2.27. The van der Waals surface area contributed by atoms with E-state index < -0.39 is 0 Å². The number of hydrogen-bond donors (Lipinski definition) is 1. The van der Waals surface area contributed by atoms with Gasteiger partial charge in [0.1, 0.15) is 11.0 Å². The van der Waals surface area contributed by atoms with E-state index in [4.69, 9.17) is 11.6 Å². The largest absolute Gasteiger partial charge is 0.337 e. The fraction of sp³-hybridized carbons (Fsp3) is 0.0909. The summed E-state index contributed by atoms with van der Waals surface area (Å²) in [5.41, 5.74) is 1.21.